The second-order valence-corrected chi connectivity index (χ2v) is 7.01. The van der Waals surface area contributed by atoms with Crippen molar-refractivity contribution in [3.05, 3.63) is 47.0 Å². The minimum atomic E-state index is 0.488. The maximum Gasteiger partial charge on any atom is 0.150 e. The Morgan fingerprint density at radius 3 is 2.67 bits per heavy atom. The van der Waals surface area contributed by atoms with Crippen LogP contribution in [0.15, 0.2) is 24.3 Å². The Morgan fingerprint density at radius 2 is 2.00 bits per heavy atom. The van der Waals surface area contributed by atoms with Crippen molar-refractivity contribution >= 4 is 0 Å². The van der Waals surface area contributed by atoms with Crippen LogP contribution in [0.2, 0.25) is 0 Å². The highest BCUT2D eigenvalue weighted by molar-refractivity contribution is 5.25. The van der Waals surface area contributed by atoms with E-state index in [2.05, 4.69) is 70.3 Å². The van der Waals surface area contributed by atoms with Crippen LogP contribution >= 0.6 is 0 Å². The Labute approximate surface area is 145 Å². The highest BCUT2D eigenvalue weighted by atomic mass is 15.3. The van der Waals surface area contributed by atoms with Gasteiger partial charge in [0.2, 0.25) is 0 Å². The van der Waals surface area contributed by atoms with E-state index < -0.39 is 0 Å². The average Bonchev–Trinajstić information content (AvgIpc) is 3.03. The van der Waals surface area contributed by atoms with Gasteiger partial charge in [0.05, 0.1) is 6.54 Å². The number of hydrogen-bond donors (Lipinski definition) is 1. The van der Waals surface area contributed by atoms with E-state index >= 15 is 0 Å². The summed E-state index contributed by atoms with van der Waals surface area (Å²) in [6.45, 7) is 5.07. The molecule has 0 spiro atoms. The van der Waals surface area contributed by atoms with E-state index in [4.69, 9.17) is 0 Å². The van der Waals surface area contributed by atoms with Crippen LogP contribution in [0.1, 0.15) is 55.0 Å². The number of hydrogen-bond acceptors (Lipinski definition) is 4. The Hall–Kier alpha value is -1.72. The smallest absolute Gasteiger partial charge is 0.150 e. The van der Waals surface area contributed by atoms with Crippen molar-refractivity contribution in [1.82, 2.24) is 25.0 Å². The van der Waals surface area contributed by atoms with E-state index in [9.17, 15) is 0 Å². The fourth-order valence-electron chi connectivity index (χ4n) is 3.52. The molecule has 130 valence electrons. The van der Waals surface area contributed by atoms with Crippen molar-refractivity contribution in [2.45, 2.75) is 51.7 Å². The molecule has 2 heterocycles. The standard InChI is InChI=1S/C19H29N5/c1-4-18-20-19(22-21-18)14-24-12-6-5-7-17(24)16-10-8-15(9-11-16)13-23(2)3/h8-11,17H,4-7,12-14H2,1-3H3,(H,20,21,22). The monoisotopic (exact) mass is 327 g/mol. The summed E-state index contributed by atoms with van der Waals surface area (Å²) in [7, 11) is 4.22. The number of likely N-dealkylation sites (tertiary alicyclic amines) is 1. The molecule has 1 atom stereocenters. The number of H-pyrrole nitrogens is 1. The van der Waals surface area contributed by atoms with Gasteiger partial charge in [0.25, 0.3) is 0 Å². The molecule has 1 aromatic carbocycles. The third kappa shape index (κ3) is 4.22. The number of aromatic nitrogens is 3. The highest BCUT2D eigenvalue weighted by Gasteiger charge is 2.24. The Balaban J connectivity index is 1.71. The van der Waals surface area contributed by atoms with E-state index in [1.165, 1.54) is 30.4 Å². The lowest BCUT2D eigenvalue weighted by Gasteiger charge is -2.35. The first-order valence-electron chi connectivity index (χ1n) is 9.03. The molecule has 1 aliphatic rings. The second kappa shape index (κ2) is 7.90. The van der Waals surface area contributed by atoms with Gasteiger partial charge in [0, 0.05) is 19.0 Å². The number of nitrogens with one attached hydrogen (secondary N) is 1. The first kappa shape index (κ1) is 17.1. The Kier molecular flexibility index (Phi) is 5.63. The molecular weight excluding hydrogens is 298 g/mol. The summed E-state index contributed by atoms with van der Waals surface area (Å²) in [6.07, 6.45) is 4.68. The molecular formula is C19H29N5. The number of nitrogens with zero attached hydrogens (tertiary/aromatic N) is 4. The average molecular weight is 327 g/mol. The number of aryl methyl sites for hydroxylation is 1. The number of rotatable bonds is 6. The van der Waals surface area contributed by atoms with Crippen molar-refractivity contribution < 1.29 is 0 Å². The fourth-order valence-corrected chi connectivity index (χ4v) is 3.52. The molecule has 1 N–H and O–H groups in total. The van der Waals surface area contributed by atoms with Crippen LogP contribution < -0.4 is 0 Å². The molecule has 0 radical (unpaired) electrons. The molecule has 3 rings (SSSR count). The zero-order valence-corrected chi connectivity index (χ0v) is 15.1. The molecule has 0 bridgehead atoms. The van der Waals surface area contributed by atoms with Crippen molar-refractivity contribution in [2.75, 3.05) is 20.6 Å². The SMILES string of the molecule is CCc1n[nH]c(CN2CCCCC2c2ccc(CN(C)C)cc2)n1. The van der Waals surface area contributed by atoms with Crippen LogP contribution in [0.4, 0.5) is 0 Å². The fraction of sp³-hybridized carbons (Fsp3) is 0.579. The topological polar surface area (TPSA) is 48.1 Å². The molecule has 1 aromatic heterocycles. The maximum atomic E-state index is 4.58. The summed E-state index contributed by atoms with van der Waals surface area (Å²) < 4.78 is 0. The zero-order valence-electron chi connectivity index (χ0n) is 15.1. The highest BCUT2D eigenvalue weighted by Crippen LogP contribution is 2.32. The van der Waals surface area contributed by atoms with Crippen LogP contribution in [0.3, 0.4) is 0 Å². The van der Waals surface area contributed by atoms with Gasteiger partial charge < -0.3 is 4.90 Å². The van der Waals surface area contributed by atoms with E-state index in [0.29, 0.717) is 6.04 Å². The van der Waals surface area contributed by atoms with Gasteiger partial charge in [-0.05, 0) is 44.6 Å². The molecule has 2 aromatic rings. The van der Waals surface area contributed by atoms with Gasteiger partial charge in [0.1, 0.15) is 11.6 Å². The molecule has 0 amide bonds. The first-order valence-corrected chi connectivity index (χ1v) is 9.03. The molecule has 1 fully saturated rings. The minimum absolute atomic E-state index is 0.488. The van der Waals surface area contributed by atoms with Gasteiger partial charge in [-0.25, -0.2) is 4.98 Å². The van der Waals surface area contributed by atoms with E-state index in [1.54, 1.807) is 0 Å². The Morgan fingerprint density at radius 1 is 1.21 bits per heavy atom. The van der Waals surface area contributed by atoms with Gasteiger partial charge in [-0.2, -0.15) is 5.10 Å². The number of piperidine rings is 1. The van der Waals surface area contributed by atoms with Crippen LogP contribution in [0, 0.1) is 0 Å². The molecule has 1 saturated heterocycles. The summed E-state index contributed by atoms with van der Waals surface area (Å²) >= 11 is 0. The largest absolute Gasteiger partial charge is 0.305 e. The summed E-state index contributed by atoms with van der Waals surface area (Å²) in [5.74, 6) is 1.90. The van der Waals surface area contributed by atoms with Crippen molar-refractivity contribution in [2.24, 2.45) is 0 Å². The third-order valence-electron chi connectivity index (χ3n) is 4.72. The maximum absolute atomic E-state index is 4.58. The molecule has 5 heteroatoms. The Bertz CT molecular complexity index is 631. The molecule has 24 heavy (non-hydrogen) atoms. The summed E-state index contributed by atoms with van der Waals surface area (Å²) in [4.78, 5) is 9.34. The predicted octanol–water partition coefficient (Wildman–Crippen LogP) is 3.16. The van der Waals surface area contributed by atoms with Gasteiger partial charge in [0.15, 0.2) is 0 Å². The van der Waals surface area contributed by atoms with Crippen LogP contribution in [-0.2, 0) is 19.5 Å². The van der Waals surface area contributed by atoms with Gasteiger partial charge in [-0.15, -0.1) is 0 Å². The summed E-state index contributed by atoms with van der Waals surface area (Å²) in [5.41, 5.74) is 2.79. The van der Waals surface area contributed by atoms with Crippen molar-refractivity contribution in [3.8, 4) is 0 Å². The number of aromatic amines is 1. The lowest BCUT2D eigenvalue weighted by Crippen LogP contribution is -2.33. The lowest BCUT2D eigenvalue weighted by atomic mass is 9.94. The van der Waals surface area contributed by atoms with E-state index in [1.807, 2.05) is 0 Å². The molecule has 0 aliphatic carbocycles. The summed E-state index contributed by atoms with van der Waals surface area (Å²) in [5, 5.41) is 7.37. The van der Waals surface area contributed by atoms with E-state index in [-0.39, 0.29) is 0 Å². The second-order valence-electron chi connectivity index (χ2n) is 7.01. The van der Waals surface area contributed by atoms with Gasteiger partial charge in [-0.3, -0.25) is 10.00 Å². The minimum Gasteiger partial charge on any atom is -0.305 e. The third-order valence-corrected chi connectivity index (χ3v) is 4.72. The van der Waals surface area contributed by atoms with Crippen molar-refractivity contribution in [3.63, 3.8) is 0 Å². The van der Waals surface area contributed by atoms with Gasteiger partial charge >= 0.3 is 0 Å². The van der Waals surface area contributed by atoms with Crippen molar-refractivity contribution in [1.29, 1.82) is 0 Å². The predicted molar refractivity (Wildman–Crippen MR) is 96.6 cm³/mol. The van der Waals surface area contributed by atoms with E-state index in [0.717, 1.165) is 37.7 Å². The number of benzene rings is 1. The quantitative estimate of drug-likeness (QED) is 0.885. The van der Waals surface area contributed by atoms with Gasteiger partial charge in [-0.1, -0.05) is 37.6 Å². The molecule has 5 nitrogen and oxygen atoms in total. The molecule has 1 aliphatic heterocycles. The molecule has 0 saturated carbocycles. The normalized spacial score (nSPS) is 19.1. The summed E-state index contributed by atoms with van der Waals surface area (Å²) in [6, 6.07) is 9.64. The van der Waals surface area contributed by atoms with Crippen LogP contribution in [-0.4, -0.2) is 45.6 Å². The zero-order chi connectivity index (χ0) is 16.9. The molecule has 1 unspecified atom stereocenters. The lowest BCUT2D eigenvalue weighted by molar-refractivity contribution is 0.137. The van der Waals surface area contributed by atoms with Crippen LogP contribution in [0.5, 0.6) is 0 Å². The van der Waals surface area contributed by atoms with Crippen LogP contribution in [0.25, 0.3) is 0 Å². The first-order chi connectivity index (χ1) is 11.7.